The van der Waals surface area contributed by atoms with Crippen molar-refractivity contribution in [1.82, 2.24) is 9.21 Å². The average Bonchev–Trinajstić information content (AvgIpc) is 2.63. The van der Waals surface area contributed by atoms with Crippen LogP contribution < -0.4 is 4.74 Å². The standard InChI is InChI=1S/C15H24N2O3S.C2H2O4/c1-3-12-21(18,19)17-10-8-16(9-11-17)13-14-6-4-5-7-15(14)20-2;3-1(4)2(5)6/h4-7H,3,8-13H2,1-2H3;(H,3,4)(H,5,6). The Morgan fingerprint density at radius 1 is 1.07 bits per heavy atom. The highest BCUT2D eigenvalue weighted by molar-refractivity contribution is 7.89. The zero-order valence-corrected chi connectivity index (χ0v) is 16.3. The molecule has 1 aliphatic heterocycles. The Bertz CT molecular complexity index is 717. The zero-order valence-electron chi connectivity index (χ0n) is 15.5. The van der Waals surface area contributed by atoms with E-state index in [0.29, 0.717) is 19.5 Å². The molecule has 0 radical (unpaired) electrons. The second-order valence-corrected chi connectivity index (χ2v) is 8.00. The van der Waals surface area contributed by atoms with Crippen molar-refractivity contribution in [3.63, 3.8) is 0 Å². The predicted octanol–water partition coefficient (Wildman–Crippen LogP) is 0.708. The average molecular weight is 402 g/mol. The molecule has 152 valence electrons. The normalized spacial score (nSPS) is 15.5. The van der Waals surface area contributed by atoms with Gasteiger partial charge in [0, 0.05) is 38.3 Å². The zero-order chi connectivity index (χ0) is 20.4. The molecule has 10 heteroatoms. The van der Waals surface area contributed by atoms with Crippen molar-refractivity contribution < 1.29 is 33.0 Å². The van der Waals surface area contributed by atoms with Crippen molar-refractivity contribution in [3.05, 3.63) is 29.8 Å². The number of para-hydroxylation sites is 1. The van der Waals surface area contributed by atoms with E-state index in [4.69, 9.17) is 24.5 Å². The summed E-state index contributed by atoms with van der Waals surface area (Å²) in [6.45, 7) is 5.39. The summed E-state index contributed by atoms with van der Waals surface area (Å²) < 4.78 is 31.1. The molecule has 0 spiro atoms. The maximum absolute atomic E-state index is 12.0. The Morgan fingerprint density at radius 2 is 1.63 bits per heavy atom. The molecule has 1 aliphatic rings. The van der Waals surface area contributed by atoms with Gasteiger partial charge in [-0.15, -0.1) is 0 Å². The summed E-state index contributed by atoms with van der Waals surface area (Å²) in [7, 11) is -1.39. The van der Waals surface area contributed by atoms with Gasteiger partial charge in [0.25, 0.3) is 0 Å². The van der Waals surface area contributed by atoms with Crippen molar-refractivity contribution in [2.24, 2.45) is 0 Å². The summed E-state index contributed by atoms with van der Waals surface area (Å²) in [6.07, 6.45) is 0.670. The highest BCUT2D eigenvalue weighted by Crippen LogP contribution is 2.20. The number of piperazine rings is 1. The number of methoxy groups -OCH3 is 1. The Labute approximate surface area is 159 Å². The van der Waals surface area contributed by atoms with E-state index in [-0.39, 0.29) is 5.75 Å². The quantitative estimate of drug-likeness (QED) is 0.667. The first-order valence-corrected chi connectivity index (χ1v) is 10.1. The molecule has 0 aromatic heterocycles. The van der Waals surface area contributed by atoms with Gasteiger partial charge in [-0.25, -0.2) is 18.0 Å². The van der Waals surface area contributed by atoms with Gasteiger partial charge in [-0.05, 0) is 12.5 Å². The number of carboxylic acids is 2. The maximum Gasteiger partial charge on any atom is 0.414 e. The van der Waals surface area contributed by atoms with Crippen LogP contribution in [0.5, 0.6) is 5.75 Å². The van der Waals surface area contributed by atoms with Crippen LogP contribution in [0.15, 0.2) is 24.3 Å². The Hall–Kier alpha value is -2.17. The Kier molecular flexibility index (Phi) is 9.19. The van der Waals surface area contributed by atoms with E-state index in [1.54, 1.807) is 11.4 Å². The molecule has 0 unspecified atom stereocenters. The van der Waals surface area contributed by atoms with Gasteiger partial charge in [-0.3, -0.25) is 4.90 Å². The van der Waals surface area contributed by atoms with Crippen LogP contribution in [0, 0.1) is 0 Å². The lowest BCUT2D eigenvalue weighted by Crippen LogP contribution is -2.48. The molecule has 2 N–H and O–H groups in total. The lowest BCUT2D eigenvalue weighted by molar-refractivity contribution is -0.159. The van der Waals surface area contributed by atoms with Gasteiger partial charge < -0.3 is 14.9 Å². The van der Waals surface area contributed by atoms with Crippen molar-refractivity contribution in [2.75, 3.05) is 39.0 Å². The smallest absolute Gasteiger partial charge is 0.414 e. The van der Waals surface area contributed by atoms with Crippen molar-refractivity contribution in [3.8, 4) is 5.75 Å². The summed E-state index contributed by atoms with van der Waals surface area (Å²) in [6, 6.07) is 7.97. The van der Waals surface area contributed by atoms with Crippen LogP contribution >= 0.6 is 0 Å². The fraction of sp³-hybridized carbons (Fsp3) is 0.529. The van der Waals surface area contributed by atoms with Crippen LogP contribution in [0.3, 0.4) is 0 Å². The summed E-state index contributed by atoms with van der Waals surface area (Å²) >= 11 is 0. The minimum absolute atomic E-state index is 0.250. The third-order valence-electron chi connectivity index (χ3n) is 3.96. The van der Waals surface area contributed by atoms with Gasteiger partial charge in [0.1, 0.15) is 5.75 Å². The molecular formula is C17H26N2O7S. The number of sulfonamides is 1. The van der Waals surface area contributed by atoms with E-state index in [1.165, 1.54) is 0 Å². The third kappa shape index (κ3) is 7.53. The number of carboxylic acid groups (broad SMARTS) is 2. The fourth-order valence-electron chi connectivity index (χ4n) is 2.63. The van der Waals surface area contributed by atoms with Crippen LogP contribution in [-0.2, 0) is 26.2 Å². The van der Waals surface area contributed by atoms with Gasteiger partial charge >= 0.3 is 11.9 Å². The molecule has 9 nitrogen and oxygen atoms in total. The third-order valence-corrected chi connectivity index (χ3v) is 6.03. The summed E-state index contributed by atoms with van der Waals surface area (Å²) in [5.41, 5.74) is 1.14. The van der Waals surface area contributed by atoms with Crippen LogP contribution in [-0.4, -0.2) is 78.8 Å². The minimum Gasteiger partial charge on any atom is -0.496 e. The molecule has 0 bridgehead atoms. The molecule has 0 atom stereocenters. The highest BCUT2D eigenvalue weighted by Gasteiger charge is 2.26. The highest BCUT2D eigenvalue weighted by atomic mass is 32.2. The summed E-state index contributed by atoms with van der Waals surface area (Å²) in [5, 5.41) is 14.8. The van der Waals surface area contributed by atoms with Gasteiger partial charge in [0.15, 0.2) is 0 Å². The van der Waals surface area contributed by atoms with E-state index in [2.05, 4.69) is 11.0 Å². The SMILES string of the molecule is CCCS(=O)(=O)N1CCN(Cc2ccccc2OC)CC1.O=C(O)C(=O)O. The number of aliphatic carboxylic acids is 2. The predicted molar refractivity (Wildman–Crippen MR) is 99.2 cm³/mol. The largest absolute Gasteiger partial charge is 0.496 e. The summed E-state index contributed by atoms with van der Waals surface area (Å²) in [4.78, 5) is 20.5. The van der Waals surface area contributed by atoms with E-state index < -0.39 is 22.0 Å². The van der Waals surface area contributed by atoms with Crippen LogP contribution in [0.1, 0.15) is 18.9 Å². The van der Waals surface area contributed by atoms with Gasteiger partial charge in [-0.1, -0.05) is 25.1 Å². The van der Waals surface area contributed by atoms with Crippen molar-refractivity contribution >= 4 is 22.0 Å². The van der Waals surface area contributed by atoms with Crippen molar-refractivity contribution in [2.45, 2.75) is 19.9 Å². The molecule has 27 heavy (non-hydrogen) atoms. The molecule has 1 aromatic rings. The maximum atomic E-state index is 12.0. The molecule has 1 heterocycles. The number of hydrogen-bond donors (Lipinski definition) is 2. The Morgan fingerprint density at radius 3 is 2.11 bits per heavy atom. The molecule has 1 saturated heterocycles. The number of rotatable bonds is 6. The summed E-state index contributed by atoms with van der Waals surface area (Å²) in [5.74, 6) is -2.51. The molecule has 0 aliphatic carbocycles. The van der Waals surface area contributed by atoms with E-state index in [9.17, 15) is 8.42 Å². The van der Waals surface area contributed by atoms with Crippen LogP contribution in [0.2, 0.25) is 0 Å². The number of hydrogen-bond acceptors (Lipinski definition) is 6. The van der Waals surface area contributed by atoms with Crippen LogP contribution in [0.4, 0.5) is 0 Å². The van der Waals surface area contributed by atoms with Crippen molar-refractivity contribution in [1.29, 1.82) is 0 Å². The molecule has 1 aromatic carbocycles. The van der Waals surface area contributed by atoms with Gasteiger partial charge in [0.2, 0.25) is 10.0 Å². The number of nitrogens with zero attached hydrogens (tertiary/aromatic N) is 2. The molecule has 2 rings (SSSR count). The van der Waals surface area contributed by atoms with Gasteiger partial charge in [0.05, 0.1) is 12.9 Å². The van der Waals surface area contributed by atoms with E-state index in [1.807, 2.05) is 25.1 Å². The lowest BCUT2D eigenvalue weighted by Gasteiger charge is -2.34. The van der Waals surface area contributed by atoms with E-state index >= 15 is 0 Å². The number of benzene rings is 1. The number of carbonyl (C=O) groups is 2. The van der Waals surface area contributed by atoms with E-state index in [0.717, 1.165) is 30.9 Å². The molecule has 1 fully saturated rings. The minimum atomic E-state index is -3.06. The van der Waals surface area contributed by atoms with Gasteiger partial charge in [-0.2, -0.15) is 4.31 Å². The van der Waals surface area contributed by atoms with Crippen LogP contribution in [0.25, 0.3) is 0 Å². The first-order valence-electron chi connectivity index (χ1n) is 8.49. The fourth-order valence-corrected chi connectivity index (χ4v) is 4.12. The first kappa shape index (κ1) is 22.9. The molecule has 0 amide bonds. The Balaban J connectivity index is 0.000000527. The second-order valence-electron chi connectivity index (χ2n) is 5.91. The topological polar surface area (TPSA) is 124 Å². The lowest BCUT2D eigenvalue weighted by atomic mass is 10.2. The molecule has 0 saturated carbocycles. The monoisotopic (exact) mass is 402 g/mol. The molecular weight excluding hydrogens is 376 g/mol. The number of ether oxygens (including phenoxy) is 1. The second kappa shape index (κ2) is 10.9. The first-order chi connectivity index (χ1) is 12.7.